The largest absolute Gasteiger partial charge is 0.485 e. The van der Waals surface area contributed by atoms with E-state index < -0.39 is 66.6 Å². The fourth-order valence-corrected chi connectivity index (χ4v) is 3.27. The quantitative estimate of drug-likeness (QED) is 0.432. The van der Waals surface area contributed by atoms with Crippen LogP contribution in [0, 0.1) is 18.6 Å². The van der Waals surface area contributed by atoms with E-state index in [2.05, 4.69) is 15.0 Å². The number of carbonyl (C=O) groups is 2. The van der Waals surface area contributed by atoms with Crippen LogP contribution in [-0.2, 0) is 11.3 Å². The number of imidazole rings is 1. The lowest BCUT2D eigenvalue weighted by atomic mass is 10.1. The standard InChI is InChI=1S/C22H21F5N4O4/c1-11-17(20(32)29-10-22(2,9-23)35-21(28)33)31-7-12(18(26)27)6-16(19(31)30-11)34-8-13-14(24)4-3-5-15(13)25/h3-7,18H,8-10H2,1-2H3,(H2,28,33)(H,29,32). The number of hydrogen-bond acceptors (Lipinski definition) is 5. The molecule has 1 aromatic carbocycles. The Labute approximate surface area is 195 Å². The van der Waals surface area contributed by atoms with Gasteiger partial charge in [-0.25, -0.2) is 31.7 Å². The molecule has 0 saturated heterocycles. The van der Waals surface area contributed by atoms with Gasteiger partial charge >= 0.3 is 6.09 Å². The number of halogens is 5. The van der Waals surface area contributed by atoms with Crippen LogP contribution in [0.2, 0.25) is 0 Å². The Morgan fingerprint density at radius 1 is 1.26 bits per heavy atom. The van der Waals surface area contributed by atoms with Crippen LogP contribution in [0.5, 0.6) is 5.75 Å². The molecule has 3 aromatic rings. The Balaban J connectivity index is 1.97. The number of ether oxygens (including phenoxy) is 2. The van der Waals surface area contributed by atoms with Crippen molar-refractivity contribution in [1.29, 1.82) is 0 Å². The number of aromatic nitrogens is 2. The van der Waals surface area contributed by atoms with Crippen LogP contribution < -0.4 is 15.8 Å². The highest BCUT2D eigenvalue weighted by molar-refractivity contribution is 5.95. The summed E-state index contributed by atoms with van der Waals surface area (Å²) in [6.07, 6.45) is -3.27. The average Bonchev–Trinajstić information content (AvgIpc) is 3.12. The van der Waals surface area contributed by atoms with E-state index in [1.165, 1.54) is 13.8 Å². The maximum absolute atomic E-state index is 14.0. The first-order valence-electron chi connectivity index (χ1n) is 10.1. The molecule has 3 N–H and O–H groups in total. The Morgan fingerprint density at radius 2 is 1.91 bits per heavy atom. The Hall–Kier alpha value is -3.90. The van der Waals surface area contributed by atoms with Crippen molar-refractivity contribution >= 4 is 17.6 Å². The maximum atomic E-state index is 14.0. The van der Waals surface area contributed by atoms with Gasteiger partial charge in [0, 0.05) is 11.8 Å². The topological polar surface area (TPSA) is 108 Å². The van der Waals surface area contributed by atoms with E-state index >= 15 is 0 Å². The molecule has 8 nitrogen and oxygen atoms in total. The maximum Gasteiger partial charge on any atom is 0.405 e. The summed E-state index contributed by atoms with van der Waals surface area (Å²) in [5.74, 6) is -2.88. The highest BCUT2D eigenvalue weighted by Gasteiger charge is 2.30. The SMILES string of the molecule is Cc1nc2c(OCc3c(F)cccc3F)cc(C(F)F)cn2c1C(=O)NCC(C)(CF)OC(N)=O. The number of nitrogens with one attached hydrogen (secondary N) is 1. The van der Waals surface area contributed by atoms with Crippen molar-refractivity contribution in [3.63, 3.8) is 0 Å². The Kier molecular flexibility index (Phi) is 7.46. The number of amides is 2. The van der Waals surface area contributed by atoms with Crippen molar-refractivity contribution in [2.45, 2.75) is 32.5 Å². The second-order valence-corrected chi connectivity index (χ2v) is 7.85. The van der Waals surface area contributed by atoms with Gasteiger partial charge in [-0.2, -0.15) is 0 Å². The van der Waals surface area contributed by atoms with E-state index in [1.807, 2.05) is 0 Å². The van der Waals surface area contributed by atoms with E-state index in [0.717, 1.165) is 34.9 Å². The first-order valence-corrected chi connectivity index (χ1v) is 10.1. The molecule has 3 rings (SSSR count). The number of pyridine rings is 1. The summed E-state index contributed by atoms with van der Waals surface area (Å²) in [7, 11) is 0. The summed E-state index contributed by atoms with van der Waals surface area (Å²) >= 11 is 0. The summed E-state index contributed by atoms with van der Waals surface area (Å²) < 4.78 is 79.5. The smallest absolute Gasteiger partial charge is 0.405 e. The molecule has 13 heteroatoms. The zero-order valence-electron chi connectivity index (χ0n) is 18.6. The molecular formula is C22H21F5N4O4. The summed E-state index contributed by atoms with van der Waals surface area (Å²) in [6.45, 7) is 0.332. The minimum atomic E-state index is -2.98. The minimum absolute atomic E-state index is 0.0737. The summed E-state index contributed by atoms with van der Waals surface area (Å²) in [6, 6.07) is 4.15. The zero-order valence-corrected chi connectivity index (χ0v) is 18.6. The van der Waals surface area contributed by atoms with Gasteiger partial charge in [-0.1, -0.05) is 6.07 Å². The molecule has 0 saturated carbocycles. The van der Waals surface area contributed by atoms with E-state index in [4.69, 9.17) is 10.5 Å². The predicted octanol–water partition coefficient (Wildman–Crippen LogP) is 3.99. The molecule has 2 amide bonds. The van der Waals surface area contributed by atoms with Crippen molar-refractivity contribution in [2.75, 3.05) is 13.2 Å². The van der Waals surface area contributed by atoms with Crippen molar-refractivity contribution < 1.29 is 41.0 Å². The molecule has 0 aliphatic carbocycles. The van der Waals surface area contributed by atoms with Crippen molar-refractivity contribution in [1.82, 2.24) is 14.7 Å². The number of nitrogens with zero attached hydrogens (tertiary/aromatic N) is 2. The second-order valence-electron chi connectivity index (χ2n) is 7.85. The third-order valence-corrected chi connectivity index (χ3v) is 5.04. The fourth-order valence-electron chi connectivity index (χ4n) is 3.27. The molecule has 188 valence electrons. The molecule has 35 heavy (non-hydrogen) atoms. The van der Waals surface area contributed by atoms with Gasteiger partial charge in [0.2, 0.25) is 0 Å². The van der Waals surface area contributed by atoms with E-state index in [9.17, 15) is 31.5 Å². The normalized spacial score (nSPS) is 13.0. The lowest BCUT2D eigenvalue weighted by Gasteiger charge is -2.25. The van der Waals surface area contributed by atoms with Gasteiger partial charge < -0.3 is 20.5 Å². The first kappa shape index (κ1) is 25.7. The van der Waals surface area contributed by atoms with Crippen LogP contribution in [0.4, 0.5) is 26.7 Å². The number of rotatable bonds is 9. The minimum Gasteiger partial charge on any atom is -0.485 e. The van der Waals surface area contributed by atoms with E-state index in [1.54, 1.807) is 0 Å². The number of benzene rings is 1. The number of hydrogen-bond donors (Lipinski definition) is 2. The van der Waals surface area contributed by atoms with Crippen molar-refractivity contribution in [2.24, 2.45) is 5.73 Å². The van der Waals surface area contributed by atoms with E-state index in [-0.39, 0.29) is 22.8 Å². The molecule has 1 unspecified atom stereocenters. The Bertz CT molecular complexity index is 1250. The lowest BCUT2D eigenvalue weighted by molar-refractivity contribution is 0.0124. The van der Waals surface area contributed by atoms with Gasteiger partial charge in [0.15, 0.2) is 17.0 Å². The third kappa shape index (κ3) is 5.61. The number of aryl methyl sites for hydroxylation is 1. The predicted molar refractivity (Wildman–Crippen MR) is 113 cm³/mol. The molecule has 1 atom stereocenters. The number of fused-ring (bicyclic) bond motifs is 1. The number of carbonyl (C=O) groups excluding carboxylic acids is 2. The number of primary amides is 1. The summed E-state index contributed by atoms with van der Waals surface area (Å²) in [5.41, 5.74) is 2.00. The average molecular weight is 500 g/mol. The first-order chi connectivity index (χ1) is 16.5. The second kappa shape index (κ2) is 10.2. The molecule has 0 radical (unpaired) electrons. The van der Waals surface area contributed by atoms with Gasteiger partial charge in [-0.3, -0.25) is 9.20 Å². The fraction of sp³-hybridized carbons (Fsp3) is 0.318. The molecule has 2 heterocycles. The van der Waals surface area contributed by atoms with Gasteiger partial charge in [-0.05, 0) is 32.0 Å². The number of alkyl halides is 3. The summed E-state index contributed by atoms with van der Waals surface area (Å²) in [4.78, 5) is 28.0. The van der Waals surface area contributed by atoms with Crippen molar-refractivity contribution in [3.05, 3.63) is 64.6 Å². The zero-order chi connectivity index (χ0) is 25.9. The van der Waals surface area contributed by atoms with E-state index in [0.29, 0.717) is 0 Å². The molecule has 0 aliphatic heterocycles. The van der Waals surface area contributed by atoms with Gasteiger partial charge in [0.05, 0.1) is 17.8 Å². The highest BCUT2D eigenvalue weighted by Crippen LogP contribution is 2.30. The van der Waals surface area contributed by atoms with Crippen LogP contribution in [0.1, 0.15) is 40.7 Å². The van der Waals surface area contributed by atoms with Gasteiger partial charge in [0.1, 0.15) is 30.6 Å². The van der Waals surface area contributed by atoms with Crippen LogP contribution in [-0.4, -0.2) is 40.2 Å². The molecule has 0 fully saturated rings. The number of nitrogens with two attached hydrogens (primary N) is 1. The lowest BCUT2D eigenvalue weighted by Crippen LogP contribution is -2.47. The molecule has 0 aliphatic rings. The van der Waals surface area contributed by atoms with Gasteiger partial charge in [0.25, 0.3) is 12.3 Å². The third-order valence-electron chi connectivity index (χ3n) is 5.04. The van der Waals surface area contributed by atoms with Crippen LogP contribution in [0.3, 0.4) is 0 Å². The monoisotopic (exact) mass is 500 g/mol. The van der Waals surface area contributed by atoms with Crippen LogP contribution >= 0.6 is 0 Å². The molecular weight excluding hydrogens is 479 g/mol. The van der Waals surface area contributed by atoms with Crippen LogP contribution in [0.15, 0.2) is 30.5 Å². The molecule has 2 aromatic heterocycles. The van der Waals surface area contributed by atoms with Gasteiger partial charge in [-0.15, -0.1) is 0 Å². The Morgan fingerprint density at radius 3 is 2.49 bits per heavy atom. The molecule has 0 spiro atoms. The van der Waals surface area contributed by atoms with Crippen LogP contribution in [0.25, 0.3) is 5.65 Å². The summed E-state index contributed by atoms with van der Waals surface area (Å²) in [5, 5.41) is 2.36. The van der Waals surface area contributed by atoms with Crippen molar-refractivity contribution in [3.8, 4) is 5.75 Å². The molecule has 0 bridgehead atoms. The highest BCUT2D eigenvalue weighted by atomic mass is 19.3.